The van der Waals surface area contributed by atoms with Crippen LogP contribution in [0.1, 0.15) is 17.2 Å². The molecule has 2 aromatic carbocycles. The molecule has 0 bridgehead atoms. The minimum Gasteiger partial charge on any atom is -0.387 e. The number of nitrogens with zero attached hydrogens (tertiary/aromatic N) is 4. The topological polar surface area (TPSA) is 75.3 Å². The number of hydrogen-bond donors (Lipinski definition) is 2. The van der Waals surface area contributed by atoms with Gasteiger partial charge in [0.05, 0.1) is 6.10 Å². The highest BCUT2D eigenvalue weighted by Crippen LogP contribution is 2.19. The molecule has 0 spiro atoms. The van der Waals surface area contributed by atoms with Crippen molar-refractivity contribution in [1.82, 2.24) is 19.8 Å². The predicted molar refractivity (Wildman–Crippen MR) is 101 cm³/mol. The number of nitrogens with one attached hydrogen (secondary N) is 1. The Labute approximate surface area is 151 Å². The maximum absolute atomic E-state index is 10.4. The van der Waals surface area contributed by atoms with E-state index < -0.39 is 6.10 Å². The second kappa shape index (κ2) is 6.93. The molecule has 0 saturated carbocycles. The van der Waals surface area contributed by atoms with E-state index in [-0.39, 0.29) is 0 Å². The van der Waals surface area contributed by atoms with Crippen LogP contribution in [0, 0.1) is 6.92 Å². The van der Waals surface area contributed by atoms with Gasteiger partial charge in [-0.1, -0.05) is 60.2 Å². The molecule has 6 nitrogen and oxygen atoms in total. The normalized spacial score (nSPS) is 12.2. The summed E-state index contributed by atoms with van der Waals surface area (Å²) >= 11 is 0. The highest BCUT2D eigenvalue weighted by atomic mass is 16.3. The number of fused-ring (bicyclic) bond motifs is 1. The molecule has 1 atom stereocenters. The van der Waals surface area contributed by atoms with Crippen LogP contribution in [0.2, 0.25) is 0 Å². The molecule has 0 amide bonds. The van der Waals surface area contributed by atoms with E-state index in [1.54, 1.807) is 4.52 Å². The van der Waals surface area contributed by atoms with Crippen LogP contribution in [0.15, 0.2) is 66.7 Å². The van der Waals surface area contributed by atoms with Crippen molar-refractivity contribution in [3.05, 3.63) is 77.9 Å². The first-order chi connectivity index (χ1) is 12.7. The molecule has 4 rings (SSSR count). The fourth-order valence-electron chi connectivity index (χ4n) is 2.85. The molecule has 2 aromatic heterocycles. The Morgan fingerprint density at radius 2 is 1.85 bits per heavy atom. The van der Waals surface area contributed by atoms with Gasteiger partial charge in [-0.15, -0.1) is 15.3 Å². The van der Waals surface area contributed by atoms with Crippen LogP contribution in [-0.2, 0) is 0 Å². The number of hydrogen-bond acceptors (Lipinski definition) is 5. The molecule has 0 saturated heterocycles. The van der Waals surface area contributed by atoms with Gasteiger partial charge in [0.15, 0.2) is 11.5 Å². The van der Waals surface area contributed by atoms with Crippen LogP contribution >= 0.6 is 0 Å². The monoisotopic (exact) mass is 345 g/mol. The maximum atomic E-state index is 10.4. The lowest BCUT2D eigenvalue weighted by atomic mass is 10.1. The van der Waals surface area contributed by atoms with Gasteiger partial charge in [0.1, 0.15) is 5.82 Å². The Balaban J connectivity index is 1.56. The standard InChI is InChI=1S/C20H19N5O/c1-14-6-5-9-16(12-14)17(26)13-21-18-10-11-19-22-23-20(25(19)24-18)15-7-3-2-4-8-15/h2-12,17,26H,13H2,1H3,(H,21,24). The Bertz CT molecular complexity index is 1030. The molecule has 0 aliphatic carbocycles. The zero-order chi connectivity index (χ0) is 17.9. The van der Waals surface area contributed by atoms with Crippen LogP contribution in [0.5, 0.6) is 0 Å². The molecule has 130 valence electrons. The molecular formula is C20H19N5O. The van der Waals surface area contributed by atoms with Crippen molar-refractivity contribution < 1.29 is 5.11 Å². The van der Waals surface area contributed by atoms with Gasteiger partial charge in [-0.25, -0.2) is 0 Å². The average molecular weight is 345 g/mol. The smallest absolute Gasteiger partial charge is 0.185 e. The molecule has 1 unspecified atom stereocenters. The number of aryl methyl sites for hydroxylation is 1. The molecule has 2 heterocycles. The molecule has 26 heavy (non-hydrogen) atoms. The lowest BCUT2D eigenvalue weighted by Crippen LogP contribution is -2.14. The Morgan fingerprint density at radius 1 is 1.00 bits per heavy atom. The predicted octanol–water partition coefficient (Wildman–Crippen LogP) is 3.25. The quantitative estimate of drug-likeness (QED) is 0.581. The van der Waals surface area contributed by atoms with Gasteiger partial charge in [0, 0.05) is 12.1 Å². The van der Waals surface area contributed by atoms with E-state index in [1.165, 1.54) is 0 Å². The van der Waals surface area contributed by atoms with Crippen molar-refractivity contribution in [2.45, 2.75) is 13.0 Å². The van der Waals surface area contributed by atoms with Gasteiger partial charge < -0.3 is 10.4 Å². The fraction of sp³-hybridized carbons (Fsp3) is 0.150. The Kier molecular flexibility index (Phi) is 4.33. The number of rotatable bonds is 5. The van der Waals surface area contributed by atoms with E-state index in [4.69, 9.17) is 0 Å². The summed E-state index contributed by atoms with van der Waals surface area (Å²) in [6, 6.07) is 21.4. The molecule has 0 fully saturated rings. The summed E-state index contributed by atoms with van der Waals surface area (Å²) in [7, 11) is 0. The number of aliphatic hydroxyl groups is 1. The number of anilines is 1. The molecule has 0 aliphatic rings. The van der Waals surface area contributed by atoms with Crippen molar-refractivity contribution in [3.8, 4) is 11.4 Å². The first-order valence-electron chi connectivity index (χ1n) is 8.47. The van der Waals surface area contributed by atoms with Gasteiger partial charge in [-0.3, -0.25) is 0 Å². The fourth-order valence-corrected chi connectivity index (χ4v) is 2.85. The van der Waals surface area contributed by atoms with E-state index in [0.717, 1.165) is 16.7 Å². The molecular weight excluding hydrogens is 326 g/mol. The van der Waals surface area contributed by atoms with E-state index in [9.17, 15) is 5.11 Å². The van der Waals surface area contributed by atoms with E-state index in [0.29, 0.717) is 23.8 Å². The number of aliphatic hydroxyl groups excluding tert-OH is 1. The average Bonchev–Trinajstić information content (AvgIpc) is 3.10. The third-order valence-electron chi connectivity index (χ3n) is 4.20. The zero-order valence-corrected chi connectivity index (χ0v) is 14.4. The SMILES string of the molecule is Cc1cccc(C(O)CNc2ccc3nnc(-c4ccccc4)n3n2)c1. The molecule has 0 aliphatic heterocycles. The zero-order valence-electron chi connectivity index (χ0n) is 14.4. The number of benzene rings is 2. The van der Waals surface area contributed by atoms with Gasteiger partial charge >= 0.3 is 0 Å². The van der Waals surface area contributed by atoms with Crippen molar-refractivity contribution in [2.24, 2.45) is 0 Å². The second-order valence-electron chi connectivity index (χ2n) is 6.19. The minimum absolute atomic E-state index is 0.366. The van der Waals surface area contributed by atoms with Gasteiger partial charge in [-0.05, 0) is 24.6 Å². The molecule has 0 radical (unpaired) electrons. The molecule has 6 heteroatoms. The lowest BCUT2D eigenvalue weighted by molar-refractivity contribution is 0.191. The summed E-state index contributed by atoms with van der Waals surface area (Å²) in [6.07, 6.45) is -0.609. The van der Waals surface area contributed by atoms with Crippen LogP contribution in [0.25, 0.3) is 17.0 Å². The first kappa shape index (κ1) is 16.2. The highest BCUT2D eigenvalue weighted by molar-refractivity contribution is 5.59. The Morgan fingerprint density at radius 3 is 2.65 bits per heavy atom. The van der Waals surface area contributed by atoms with Gasteiger partial charge in [-0.2, -0.15) is 4.52 Å². The van der Waals surface area contributed by atoms with Gasteiger partial charge in [0.2, 0.25) is 0 Å². The van der Waals surface area contributed by atoms with Crippen molar-refractivity contribution in [1.29, 1.82) is 0 Å². The van der Waals surface area contributed by atoms with Gasteiger partial charge in [0.25, 0.3) is 0 Å². The lowest BCUT2D eigenvalue weighted by Gasteiger charge is -2.13. The van der Waals surface area contributed by atoms with Crippen LogP contribution < -0.4 is 5.32 Å². The third kappa shape index (κ3) is 3.27. The van der Waals surface area contributed by atoms with Crippen molar-refractivity contribution in [2.75, 3.05) is 11.9 Å². The summed E-state index contributed by atoms with van der Waals surface area (Å²) in [5.41, 5.74) is 3.63. The summed E-state index contributed by atoms with van der Waals surface area (Å²) < 4.78 is 1.71. The number of aromatic nitrogens is 4. The van der Waals surface area contributed by atoms with E-state index >= 15 is 0 Å². The van der Waals surface area contributed by atoms with Crippen LogP contribution in [-0.4, -0.2) is 31.5 Å². The summed E-state index contributed by atoms with van der Waals surface area (Å²) in [6.45, 7) is 2.38. The maximum Gasteiger partial charge on any atom is 0.185 e. The second-order valence-corrected chi connectivity index (χ2v) is 6.19. The summed E-state index contributed by atoms with van der Waals surface area (Å²) in [5, 5.41) is 26.5. The first-order valence-corrected chi connectivity index (χ1v) is 8.47. The van der Waals surface area contributed by atoms with Crippen molar-refractivity contribution >= 4 is 11.5 Å². The summed E-state index contributed by atoms with van der Waals surface area (Å²) in [5.74, 6) is 1.34. The molecule has 2 N–H and O–H groups in total. The van der Waals surface area contributed by atoms with Crippen LogP contribution in [0.4, 0.5) is 5.82 Å². The largest absolute Gasteiger partial charge is 0.387 e. The minimum atomic E-state index is -0.609. The van der Waals surface area contributed by atoms with Crippen molar-refractivity contribution in [3.63, 3.8) is 0 Å². The molecule has 4 aromatic rings. The highest BCUT2D eigenvalue weighted by Gasteiger charge is 2.11. The third-order valence-corrected chi connectivity index (χ3v) is 4.20. The van der Waals surface area contributed by atoms with Crippen LogP contribution in [0.3, 0.4) is 0 Å². The van der Waals surface area contributed by atoms with E-state index in [2.05, 4.69) is 20.6 Å². The Hall–Kier alpha value is -3.25. The van der Waals surface area contributed by atoms with E-state index in [1.807, 2.05) is 73.7 Å². The summed E-state index contributed by atoms with van der Waals surface area (Å²) in [4.78, 5) is 0.